The average molecular weight is 405 g/mol. The van der Waals surface area contributed by atoms with Crippen molar-refractivity contribution in [2.24, 2.45) is 0 Å². The maximum absolute atomic E-state index is 13.1. The van der Waals surface area contributed by atoms with Gasteiger partial charge in [-0.1, -0.05) is 32.0 Å². The molecule has 1 atom stereocenters. The van der Waals surface area contributed by atoms with Crippen molar-refractivity contribution < 1.29 is 4.79 Å². The van der Waals surface area contributed by atoms with E-state index in [4.69, 9.17) is 4.98 Å². The first-order valence-corrected chi connectivity index (χ1v) is 11.1. The molecule has 0 fully saturated rings. The van der Waals surface area contributed by atoms with E-state index in [1.165, 1.54) is 23.1 Å². The van der Waals surface area contributed by atoms with E-state index in [0.717, 1.165) is 29.5 Å². The molecule has 3 aromatic rings. The van der Waals surface area contributed by atoms with Crippen LogP contribution >= 0.6 is 23.1 Å². The first-order valence-electron chi connectivity index (χ1n) is 9.25. The maximum Gasteiger partial charge on any atom is 0.272 e. The smallest absolute Gasteiger partial charge is 0.272 e. The molecule has 3 aromatic heterocycles. The second-order valence-corrected chi connectivity index (χ2v) is 8.45. The van der Waals surface area contributed by atoms with Gasteiger partial charge in [0.05, 0.1) is 11.3 Å². The normalized spacial score (nSPS) is 12.6. The molecule has 0 unspecified atom stereocenters. The molecule has 6 nitrogen and oxygen atoms in total. The number of nitrogens with one attached hydrogen (secondary N) is 1. The molecule has 0 bridgehead atoms. The standard InChI is InChI=1S/C19H24N4O2S2/c1-4-6-10-23-18(25)16-15(13-8-7-9-20-17(13)27-16)22-19(23)26-11-14(24)21-12(3)5-2/h7-9,12H,4-6,10-11H2,1-3H3,(H,21,24)/t12-/m1/s1. The molecular weight excluding hydrogens is 380 g/mol. The van der Waals surface area contributed by atoms with Gasteiger partial charge in [-0.2, -0.15) is 0 Å². The fourth-order valence-corrected chi connectivity index (χ4v) is 4.57. The van der Waals surface area contributed by atoms with Crippen molar-refractivity contribution >= 4 is 49.4 Å². The third-order valence-corrected chi connectivity index (χ3v) is 6.47. The SMILES string of the molecule is CCCCn1c(SCC(=O)N[C@H](C)CC)nc2c(sc3ncccc32)c1=O. The van der Waals surface area contributed by atoms with Crippen molar-refractivity contribution in [3.05, 3.63) is 28.7 Å². The van der Waals surface area contributed by atoms with Crippen LogP contribution in [-0.4, -0.2) is 32.2 Å². The lowest BCUT2D eigenvalue weighted by molar-refractivity contribution is -0.119. The number of carbonyl (C=O) groups is 1. The van der Waals surface area contributed by atoms with Crippen molar-refractivity contribution in [1.29, 1.82) is 0 Å². The van der Waals surface area contributed by atoms with Crippen molar-refractivity contribution in [3.63, 3.8) is 0 Å². The molecule has 1 amide bonds. The summed E-state index contributed by atoms with van der Waals surface area (Å²) < 4.78 is 2.34. The lowest BCUT2D eigenvalue weighted by Gasteiger charge is -2.13. The molecule has 0 spiro atoms. The van der Waals surface area contributed by atoms with Crippen LogP contribution in [0.2, 0.25) is 0 Å². The fraction of sp³-hybridized carbons (Fsp3) is 0.474. The van der Waals surface area contributed by atoms with E-state index in [9.17, 15) is 9.59 Å². The number of thiophene rings is 1. The molecule has 0 aliphatic rings. The van der Waals surface area contributed by atoms with Crippen LogP contribution in [0.15, 0.2) is 28.3 Å². The minimum absolute atomic E-state index is 0.0393. The first-order chi connectivity index (χ1) is 13.0. The van der Waals surface area contributed by atoms with Crippen LogP contribution in [-0.2, 0) is 11.3 Å². The zero-order valence-corrected chi connectivity index (χ0v) is 17.5. The van der Waals surface area contributed by atoms with Crippen molar-refractivity contribution in [3.8, 4) is 0 Å². The van der Waals surface area contributed by atoms with Crippen LogP contribution in [0.5, 0.6) is 0 Å². The summed E-state index contributed by atoms with van der Waals surface area (Å²) in [7, 11) is 0. The number of carbonyl (C=O) groups excluding carboxylic acids is 1. The molecule has 0 radical (unpaired) electrons. The number of hydrogen-bond donors (Lipinski definition) is 1. The van der Waals surface area contributed by atoms with E-state index < -0.39 is 0 Å². The Morgan fingerprint density at radius 1 is 1.41 bits per heavy atom. The molecule has 0 aliphatic carbocycles. The quantitative estimate of drug-likeness (QED) is 0.456. The molecule has 3 rings (SSSR count). The predicted molar refractivity (Wildman–Crippen MR) is 113 cm³/mol. The van der Waals surface area contributed by atoms with Gasteiger partial charge in [0.15, 0.2) is 5.16 Å². The van der Waals surface area contributed by atoms with E-state index in [2.05, 4.69) is 17.2 Å². The summed E-state index contributed by atoms with van der Waals surface area (Å²) in [5, 5.41) is 4.45. The zero-order valence-electron chi connectivity index (χ0n) is 15.8. The van der Waals surface area contributed by atoms with Crippen LogP contribution in [0.25, 0.3) is 20.4 Å². The molecule has 0 aliphatic heterocycles. The van der Waals surface area contributed by atoms with Crippen molar-refractivity contribution in [2.75, 3.05) is 5.75 Å². The van der Waals surface area contributed by atoms with Gasteiger partial charge < -0.3 is 5.32 Å². The van der Waals surface area contributed by atoms with Gasteiger partial charge in [-0.05, 0) is 31.9 Å². The number of pyridine rings is 1. The van der Waals surface area contributed by atoms with Crippen LogP contribution in [0, 0.1) is 0 Å². The Bertz CT molecular complexity index is 1010. The number of hydrogen-bond acceptors (Lipinski definition) is 6. The van der Waals surface area contributed by atoms with Crippen LogP contribution in [0.4, 0.5) is 0 Å². The summed E-state index contributed by atoms with van der Waals surface area (Å²) in [6.07, 6.45) is 4.48. The van der Waals surface area contributed by atoms with Gasteiger partial charge in [0.1, 0.15) is 9.53 Å². The van der Waals surface area contributed by atoms with Crippen LogP contribution < -0.4 is 10.9 Å². The largest absolute Gasteiger partial charge is 0.353 e. The van der Waals surface area contributed by atoms with Gasteiger partial charge in [0, 0.05) is 24.2 Å². The monoisotopic (exact) mass is 404 g/mol. The van der Waals surface area contributed by atoms with Crippen LogP contribution in [0.3, 0.4) is 0 Å². The first kappa shape index (κ1) is 19.8. The van der Waals surface area contributed by atoms with Gasteiger partial charge in [0.2, 0.25) is 5.91 Å². The zero-order chi connectivity index (χ0) is 19.4. The highest BCUT2D eigenvalue weighted by atomic mass is 32.2. The molecule has 8 heteroatoms. The molecule has 144 valence electrons. The molecule has 0 saturated heterocycles. The Kier molecular flexibility index (Phi) is 6.49. The van der Waals surface area contributed by atoms with E-state index in [1.54, 1.807) is 10.8 Å². The second-order valence-electron chi connectivity index (χ2n) is 6.51. The predicted octanol–water partition coefficient (Wildman–Crippen LogP) is 3.81. The number of unbranched alkanes of at least 4 members (excludes halogenated alkanes) is 1. The Morgan fingerprint density at radius 2 is 2.22 bits per heavy atom. The van der Waals surface area contributed by atoms with Crippen molar-refractivity contribution in [2.45, 2.75) is 57.8 Å². The number of nitrogens with zero attached hydrogens (tertiary/aromatic N) is 3. The maximum atomic E-state index is 13.1. The summed E-state index contributed by atoms with van der Waals surface area (Å²) in [6.45, 7) is 6.71. The van der Waals surface area contributed by atoms with Crippen molar-refractivity contribution in [1.82, 2.24) is 19.9 Å². The van der Waals surface area contributed by atoms with Gasteiger partial charge in [-0.3, -0.25) is 14.2 Å². The third-order valence-electron chi connectivity index (χ3n) is 4.41. The molecule has 0 aromatic carbocycles. The lowest BCUT2D eigenvalue weighted by Crippen LogP contribution is -2.33. The minimum Gasteiger partial charge on any atom is -0.353 e. The highest BCUT2D eigenvalue weighted by molar-refractivity contribution is 7.99. The molecule has 27 heavy (non-hydrogen) atoms. The molecule has 3 heterocycles. The van der Waals surface area contributed by atoms with E-state index in [0.29, 0.717) is 21.9 Å². The minimum atomic E-state index is -0.0405. The summed E-state index contributed by atoms with van der Waals surface area (Å²) in [4.78, 5) is 35.2. The van der Waals surface area contributed by atoms with Gasteiger partial charge in [-0.25, -0.2) is 9.97 Å². The summed E-state index contributed by atoms with van der Waals surface area (Å²) >= 11 is 2.71. The number of fused-ring (bicyclic) bond motifs is 3. The highest BCUT2D eigenvalue weighted by Crippen LogP contribution is 2.30. The Hall–Kier alpha value is -1.93. The molecule has 1 N–H and O–H groups in total. The number of rotatable bonds is 8. The Balaban J connectivity index is 1.99. The van der Waals surface area contributed by atoms with Crippen LogP contribution in [0.1, 0.15) is 40.0 Å². The summed E-state index contributed by atoms with van der Waals surface area (Å²) in [5.74, 6) is 0.205. The highest BCUT2D eigenvalue weighted by Gasteiger charge is 2.17. The number of aromatic nitrogens is 3. The lowest BCUT2D eigenvalue weighted by atomic mass is 10.3. The third kappa shape index (κ3) is 4.32. The average Bonchev–Trinajstić information content (AvgIpc) is 3.04. The Morgan fingerprint density at radius 3 is 2.96 bits per heavy atom. The van der Waals surface area contributed by atoms with E-state index in [-0.39, 0.29) is 23.3 Å². The fourth-order valence-electron chi connectivity index (χ4n) is 2.71. The van der Waals surface area contributed by atoms with Gasteiger partial charge in [0.25, 0.3) is 5.56 Å². The topological polar surface area (TPSA) is 76.9 Å². The van der Waals surface area contributed by atoms with E-state index in [1.807, 2.05) is 26.0 Å². The molecular formula is C19H24N4O2S2. The van der Waals surface area contributed by atoms with Gasteiger partial charge >= 0.3 is 0 Å². The summed E-state index contributed by atoms with van der Waals surface area (Å²) in [5.41, 5.74) is 0.645. The van der Waals surface area contributed by atoms with Gasteiger partial charge in [-0.15, -0.1) is 11.3 Å². The summed E-state index contributed by atoms with van der Waals surface area (Å²) in [6, 6.07) is 3.93. The number of amides is 1. The number of thioether (sulfide) groups is 1. The van der Waals surface area contributed by atoms with E-state index >= 15 is 0 Å². The Labute approximate surface area is 166 Å². The second kappa shape index (κ2) is 8.84. The molecule has 0 saturated carbocycles.